The van der Waals surface area contributed by atoms with E-state index in [1.165, 1.54) is 37.7 Å². The second-order valence-corrected chi connectivity index (χ2v) is 6.20. The number of benzene rings is 1. The Hall–Kier alpha value is -0.860. The molecule has 1 saturated heterocycles. The van der Waals surface area contributed by atoms with Gasteiger partial charge in [-0.05, 0) is 12.8 Å². The average Bonchev–Trinajstić information content (AvgIpc) is 2.40. The van der Waals surface area contributed by atoms with Gasteiger partial charge in [-0.15, -0.1) is 0 Å². The minimum absolute atomic E-state index is 0.113. The minimum atomic E-state index is -0.113. The Morgan fingerprint density at radius 2 is 1.78 bits per heavy atom. The Morgan fingerprint density at radius 1 is 1.06 bits per heavy atom. The molecule has 2 nitrogen and oxygen atoms in total. The second-order valence-electron chi connectivity index (χ2n) is 6.20. The van der Waals surface area contributed by atoms with E-state index in [0.717, 1.165) is 12.8 Å². The number of nitrogens with two attached hydrogens (primary N) is 1. The summed E-state index contributed by atoms with van der Waals surface area (Å²) in [5.41, 5.74) is 1.71. The van der Waals surface area contributed by atoms with Crippen LogP contribution in [0.2, 0.25) is 0 Å². The van der Waals surface area contributed by atoms with E-state index >= 15 is 0 Å². The van der Waals surface area contributed by atoms with Gasteiger partial charge in [0, 0.05) is 31.2 Å². The average molecular weight is 246 g/mol. The zero-order valence-corrected chi connectivity index (χ0v) is 11.0. The van der Waals surface area contributed by atoms with Crippen LogP contribution >= 0.6 is 0 Å². The fourth-order valence-corrected chi connectivity index (χ4v) is 3.97. The maximum absolute atomic E-state index is 10.2. The van der Waals surface area contributed by atoms with E-state index < -0.39 is 0 Å². The van der Waals surface area contributed by atoms with Crippen molar-refractivity contribution in [1.29, 1.82) is 0 Å². The van der Waals surface area contributed by atoms with Gasteiger partial charge >= 0.3 is 0 Å². The van der Waals surface area contributed by atoms with E-state index in [1.54, 1.807) is 0 Å². The van der Waals surface area contributed by atoms with Crippen molar-refractivity contribution in [3.63, 3.8) is 0 Å². The number of hydrogen-bond donors (Lipinski definition) is 2. The number of quaternary nitrogens is 1. The highest BCUT2D eigenvalue weighted by molar-refractivity contribution is 5.17. The van der Waals surface area contributed by atoms with Gasteiger partial charge in [-0.2, -0.15) is 0 Å². The Kier molecular flexibility index (Phi) is 3.40. The van der Waals surface area contributed by atoms with Gasteiger partial charge in [0.1, 0.15) is 6.04 Å². The minimum Gasteiger partial charge on any atom is -0.393 e. The van der Waals surface area contributed by atoms with Crippen molar-refractivity contribution in [3.05, 3.63) is 35.9 Å². The molecule has 1 aliphatic carbocycles. The number of aliphatic hydroxyl groups excluding tert-OH is 1. The van der Waals surface area contributed by atoms with Gasteiger partial charge in [-0.3, -0.25) is 0 Å². The zero-order valence-electron chi connectivity index (χ0n) is 11.0. The summed E-state index contributed by atoms with van der Waals surface area (Å²) < 4.78 is 0. The fourth-order valence-electron chi connectivity index (χ4n) is 3.97. The molecule has 1 aromatic carbocycles. The molecule has 0 bridgehead atoms. The summed E-state index contributed by atoms with van der Waals surface area (Å²) in [5.74, 6) is 0. The quantitative estimate of drug-likeness (QED) is 0.782. The van der Waals surface area contributed by atoms with Crippen LogP contribution in [-0.4, -0.2) is 16.7 Å². The van der Waals surface area contributed by atoms with Gasteiger partial charge in [0.15, 0.2) is 0 Å². The van der Waals surface area contributed by atoms with Crippen LogP contribution in [0, 0.1) is 0 Å². The summed E-state index contributed by atoms with van der Waals surface area (Å²) in [6.45, 7) is 0. The van der Waals surface area contributed by atoms with Crippen LogP contribution < -0.4 is 5.32 Å². The van der Waals surface area contributed by atoms with Crippen molar-refractivity contribution >= 4 is 0 Å². The molecule has 0 aromatic heterocycles. The summed E-state index contributed by atoms with van der Waals surface area (Å²) in [7, 11) is 0. The highest BCUT2D eigenvalue weighted by Gasteiger charge is 2.44. The smallest absolute Gasteiger partial charge is 0.114 e. The molecule has 2 aliphatic rings. The standard InChI is InChI=1S/C16H23NO/c18-14-11-15(13-7-3-1-4-8-13)17-16(12-14)9-5-2-6-10-16/h1,3-4,7-8,14-15,17-18H,2,5-6,9-12H2/p+1/t14-,15-/m1/s1. The van der Waals surface area contributed by atoms with Gasteiger partial charge in [0.25, 0.3) is 0 Å². The molecule has 2 heteroatoms. The predicted molar refractivity (Wildman–Crippen MR) is 72.2 cm³/mol. The third kappa shape index (κ3) is 2.45. The molecule has 3 rings (SSSR count). The van der Waals surface area contributed by atoms with Crippen LogP contribution in [-0.2, 0) is 0 Å². The summed E-state index contributed by atoms with van der Waals surface area (Å²) in [6, 6.07) is 11.1. The van der Waals surface area contributed by atoms with Crippen molar-refractivity contribution < 1.29 is 10.4 Å². The number of hydrogen-bond acceptors (Lipinski definition) is 1. The van der Waals surface area contributed by atoms with Crippen molar-refractivity contribution in [3.8, 4) is 0 Å². The Labute approximate surface area is 109 Å². The van der Waals surface area contributed by atoms with Crippen LogP contribution in [0.25, 0.3) is 0 Å². The van der Waals surface area contributed by atoms with Crippen LogP contribution in [0.1, 0.15) is 56.6 Å². The molecular formula is C16H24NO+. The maximum Gasteiger partial charge on any atom is 0.114 e. The molecule has 18 heavy (non-hydrogen) atoms. The Bertz CT molecular complexity index is 383. The van der Waals surface area contributed by atoms with Crippen LogP contribution in [0.5, 0.6) is 0 Å². The van der Waals surface area contributed by atoms with Crippen molar-refractivity contribution in [2.24, 2.45) is 0 Å². The molecule has 2 fully saturated rings. The SMILES string of the molecule is O[C@@H]1C[C@H](c2ccccc2)[NH2+]C2(CCCCC2)C1. The lowest BCUT2D eigenvalue weighted by Crippen LogP contribution is -2.99. The van der Waals surface area contributed by atoms with E-state index in [0.29, 0.717) is 11.6 Å². The summed E-state index contributed by atoms with van der Waals surface area (Å²) in [4.78, 5) is 0. The van der Waals surface area contributed by atoms with Crippen molar-refractivity contribution in [1.82, 2.24) is 0 Å². The molecule has 0 amide bonds. The molecule has 2 atom stereocenters. The first kappa shape index (κ1) is 12.2. The molecule has 1 aromatic rings. The normalized spacial score (nSPS) is 31.4. The summed E-state index contributed by atoms with van der Waals surface area (Å²) >= 11 is 0. The van der Waals surface area contributed by atoms with Crippen LogP contribution in [0.4, 0.5) is 0 Å². The first-order chi connectivity index (χ1) is 8.77. The van der Waals surface area contributed by atoms with Crippen molar-refractivity contribution in [2.45, 2.75) is 62.6 Å². The highest BCUT2D eigenvalue weighted by atomic mass is 16.3. The molecule has 1 saturated carbocycles. The fraction of sp³-hybridized carbons (Fsp3) is 0.625. The lowest BCUT2D eigenvalue weighted by molar-refractivity contribution is -0.777. The monoisotopic (exact) mass is 246 g/mol. The third-order valence-corrected chi connectivity index (χ3v) is 4.80. The van der Waals surface area contributed by atoms with Gasteiger partial charge in [-0.1, -0.05) is 36.8 Å². The number of piperidine rings is 1. The van der Waals surface area contributed by atoms with E-state index in [2.05, 4.69) is 35.6 Å². The van der Waals surface area contributed by atoms with E-state index in [-0.39, 0.29) is 6.10 Å². The second kappa shape index (κ2) is 5.02. The zero-order chi connectivity index (χ0) is 12.4. The van der Waals surface area contributed by atoms with E-state index in [1.807, 2.05) is 0 Å². The summed E-state index contributed by atoms with van der Waals surface area (Å²) in [5, 5.41) is 12.8. The first-order valence-corrected chi connectivity index (χ1v) is 7.36. The molecule has 98 valence electrons. The number of rotatable bonds is 1. The molecule has 1 spiro atoms. The molecule has 1 heterocycles. The largest absolute Gasteiger partial charge is 0.393 e. The van der Waals surface area contributed by atoms with E-state index in [9.17, 15) is 5.11 Å². The van der Waals surface area contributed by atoms with Crippen LogP contribution in [0.15, 0.2) is 30.3 Å². The Morgan fingerprint density at radius 3 is 2.50 bits per heavy atom. The highest BCUT2D eigenvalue weighted by Crippen LogP contribution is 2.34. The van der Waals surface area contributed by atoms with Gasteiger partial charge < -0.3 is 10.4 Å². The molecule has 1 aliphatic heterocycles. The lowest BCUT2D eigenvalue weighted by atomic mass is 9.73. The summed E-state index contributed by atoms with van der Waals surface area (Å²) in [6.07, 6.45) is 8.42. The lowest BCUT2D eigenvalue weighted by Gasteiger charge is -2.43. The molecule has 3 N–H and O–H groups in total. The first-order valence-electron chi connectivity index (χ1n) is 7.36. The van der Waals surface area contributed by atoms with Crippen LogP contribution in [0.3, 0.4) is 0 Å². The number of aliphatic hydroxyl groups is 1. The molecule has 0 radical (unpaired) electrons. The predicted octanol–water partition coefficient (Wildman–Crippen LogP) is 2.15. The topological polar surface area (TPSA) is 36.8 Å². The van der Waals surface area contributed by atoms with Gasteiger partial charge in [0.05, 0.1) is 11.6 Å². The van der Waals surface area contributed by atoms with E-state index in [4.69, 9.17) is 0 Å². The van der Waals surface area contributed by atoms with Crippen molar-refractivity contribution in [2.75, 3.05) is 0 Å². The van der Waals surface area contributed by atoms with Gasteiger partial charge in [0.2, 0.25) is 0 Å². The third-order valence-electron chi connectivity index (χ3n) is 4.80. The maximum atomic E-state index is 10.2. The molecule has 0 unspecified atom stereocenters. The molecular weight excluding hydrogens is 222 g/mol. The Balaban J connectivity index is 1.80. The van der Waals surface area contributed by atoms with Gasteiger partial charge in [-0.25, -0.2) is 0 Å².